The number of allylic oxidation sites excluding steroid dienone is 3. The molecule has 3 rings (SSSR count). The lowest BCUT2D eigenvalue weighted by atomic mass is 9.62. The van der Waals surface area contributed by atoms with Crippen LogP contribution in [0.3, 0.4) is 0 Å². The van der Waals surface area contributed by atoms with E-state index < -0.39 is 5.97 Å². The number of hydrogen-bond acceptors (Lipinski definition) is 3. The van der Waals surface area contributed by atoms with Crippen molar-refractivity contribution in [2.24, 2.45) is 0 Å². The molecule has 3 heteroatoms. The van der Waals surface area contributed by atoms with Crippen molar-refractivity contribution in [1.29, 1.82) is 0 Å². The van der Waals surface area contributed by atoms with Gasteiger partial charge in [-0.05, 0) is 77.5 Å². The summed E-state index contributed by atoms with van der Waals surface area (Å²) in [5.41, 5.74) is 7.54. The lowest BCUT2D eigenvalue weighted by Gasteiger charge is -2.42. The maximum absolute atomic E-state index is 11.8. The fourth-order valence-electron chi connectivity index (χ4n) is 4.25. The first-order valence-electron chi connectivity index (χ1n) is 10.2. The van der Waals surface area contributed by atoms with E-state index in [0.29, 0.717) is 11.3 Å². The van der Waals surface area contributed by atoms with Crippen molar-refractivity contribution in [2.75, 3.05) is 7.11 Å². The van der Waals surface area contributed by atoms with Crippen LogP contribution in [0.2, 0.25) is 0 Å². The van der Waals surface area contributed by atoms with Crippen molar-refractivity contribution < 1.29 is 13.9 Å². The molecule has 0 spiro atoms. The Morgan fingerprint density at radius 1 is 1.07 bits per heavy atom. The predicted octanol–water partition coefficient (Wildman–Crippen LogP) is 6.84. The number of benzene rings is 1. The molecule has 0 atom stereocenters. The molecule has 0 amide bonds. The number of rotatable bonds is 4. The lowest BCUT2D eigenvalue weighted by molar-refractivity contribution is 0.0599. The van der Waals surface area contributed by atoms with Gasteiger partial charge in [-0.1, -0.05) is 52.0 Å². The highest BCUT2D eigenvalue weighted by molar-refractivity contribution is 5.92. The van der Waals surface area contributed by atoms with Gasteiger partial charge in [0.2, 0.25) is 0 Å². The molecule has 0 N–H and O–H groups in total. The minimum Gasteiger partial charge on any atom is -0.465 e. The SMILES string of the molecule is COC(=O)c1ccoc1/C=C/C=C(/C)c1cc2c(cc1C)C(C)(C)CCC2(C)C. The molecule has 1 aliphatic rings. The summed E-state index contributed by atoms with van der Waals surface area (Å²) in [7, 11) is 1.37. The number of carbonyl (C=O) groups is 1. The Kier molecular flexibility index (Phi) is 5.62. The van der Waals surface area contributed by atoms with Crippen molar-refractivity contribution >= 4 is 17.6 Å². The predicted molar refractivity (Wildman–Crippen MR) is 119 cm³/mol. The van der Waals surface area contributed by atoms with Gasteiger partial charge in [0.15, 0.2) is 0 Å². The molecule has 0 aliphatic heterocycles. The standard InChI is InChI=1S/C26H32O3/c1-17(9-8-10-23-19(11-14-29-23)24(27)28-7)20-16-22-21(15-18(20)2)25(3,4)12-13-26(22,5)6/h8-11,14-16H,12-13H2,1-7H3/b10-8+,17-9-. The fourth-order valence-corrected chi connectivity index (χ4v) is 4.25. The number of fused-ring (bicyclic) bond motifs is 1. The Bertz CT molecular complexity index is 983. The number of esters is 1. The molecule has 0 saturated heterocycles. The second-order valence-electron chi connectivity index (χ2n) is 9.38. The van der Waals surface area contributed by atoms with Gasteiger partial charge in [-0.15, -0.1) is 0 Å². The van der Waals surface area contributed by atoms with Gasteiger partial charge in [0.25, 0.3) is 0 Å². The first-order valence-corrected chi connectivity index (χ1v) is 10.2. The number of hydrogen-bond donors (Lipinski definition) is 0. The summed E-state index contributed by atoms with van der Waals surface area (Å²) in [5, 5.41) is 0. The van der Waals surface area contributed by atoms with E-state index in [1.165, 1.54) is 54.0 Å². The Balaban J connectivity index is 1.95. The molecule has 1 aromatic carbocycles. The quantitative estimate of drug-likeness (QED) is 0.422. The van der Waals surface area contributed by atoms with Gasteiger partial charge in [-0.2, -0.15) is 0 Å². The number of ether oxygens (including phenoxy) is 1. The van der Waals surface area contributed by atoms with Gasteiger partial charge in [0, 0.05) is 0 Å². The van der Waals surface area contributed by atoms with Crippen molar-refractivity contribution in [1.82, 2.24) is 0 Å². The van der Waals surface area contributed by atoms with Gasteiger partial charge < -0.3 is 9.15 Å². The largest absolute Gasteiger partial charge is 0.465 e. The highest BCUT2D eigenvalue weighted by atomic mass is 16.5. The van der Waals surface area contributed by atoms with E-state index in [1.807, 2.05) is 6.08 Å². The maximum atomic E-state index is 11.8. The summed E-state index contributed by atoms with van der Waals surface area (Å²) in [6, 6.07) is 6.39. The topological polar surface area (TPSA) is 39.4 Å². The second kappa shape index (κ2) is 7.70. The third-order valence-corrected chi connectivity index (χ3v) is 6.32. The van der Waals surface area contributed by atoms with Crippen LogP contribution < -0.4 is 0 Å². The van der Waals surface area contributed by atoms with E-state index in [-0.39, 0.29) is 10.8 Å². The molecule has 1 aromatic heterocycles. The minimum atomic E-state index is -0.394. The maximum Gasteiger partial charge on any atom is 0.341 e. The summed E-state index contributed by atoms with van der Waals surface area (Å²) in [4.78, 5) is 11.8. The van der Waals surface area contributed by atoms with E-state index in [0.717, 1.165) is 0 Å². The lowest BCUT2D eigenvalue weighted by Crippen LogP contribution is -2.34. The van der Waals surface area contributed by atoms with Crippen LogP contribution in [0.5, 0.6) is 0 Å². The number of carbonyl (C=O) groups excluding carboxylic acids is 1. The molecule has 2 aromatic rings. The van der Waals surface area contributed by atoms with Gasteiger partial charge in [0.1, 0.15) is 11.3 Å². The molecule has 0 unspecified atom stereocenters. The molecule has 0 fully saturated rings. The first kappa shape index (κ1) is 21.2. The van der Waals surface area contributed by atoms with E-state index in [9.17, 15) is 4.79 Å². The van der Waals surface area contributed by atoms with E-state index in [4.69, 9.17) is 9.15 Å². The smallest absolute Gasteiger partial charge is 0.341 e. The zero-order chi connectivity index (χ0) is 21.4. The average Bonchev–Trinajstić information content (AvgIpc) is 3.13. The van der Waals surface area contributed by atoms with Gasteiger partial charge in [0.05, 0.1) is 13.4 Å². The molecule has 29 heavy (non-hydrogen) atoms. The Labute approximate surface area is 174 Å². The molecule has 1 aliphatic carbocycles. The monoisotopic (exact) mass is 392 g/mol. The van der Waals surface area contributed by atoms with Gasteiger partial charge >= 0.3 is 5.97 Å². The highest BCUT2D eigenvalue weighted by Crippen LogP contribution is 2.47. The summed E-state index contributed by atoms with van der Waals surface area (Å²) in [5.74, 6) is 0.112. The van der Waals surface area contributed by atoms with Crippen LogP contribution in [0.25, 0.3) is 11.6 Å². The summed E-state index contributed by atoms with van der Waals surface area (Å²) in [6.45, 7) is 13.7. The van der Waals surface area contributed by atoms with Crippen molar-refractivity contribution in [2.45, 2.75) is 65.2 Å². The molecule has 154 valence electrons. The van der Waals surface area contributed by atoms with E-state index >= 15 is 0 Å². The normalized spacial score (nSPS) is 18.0. The van der Waals surface area contributed by atoms with Gasteiger partial charge in [-0.25, -0.2) is 4.79 Å². The number of furan rings is 1. The van der Waals surface area contributed by atoms with Crippen LogP contribution in [-0.2, 0) is 15.6 Å². The summed E-state index contributed by atoms with van der Waals surface area (Å²) in [6.07, 6.45) is 9.71. The Morgan fingerprint density at radius 3 is 2.31 bits per heavy atom. The number of methoxy groups -OCH3 is 1. The first-order chi connectivity index (χ1) is 13.6. The van der Waals surface area contributed by atoms with Crippen LogP contribution in [0.1, 0.15) is 85.8 Å². The average molecular weight is 393 g/mol. The van der Waals surface area contributed by atoms with Crippen molar-refractivity contribution in [3.8, 4) is 0 Å². The molecule has 0 radical (unpaired) electrons. The van der Waals surface area contributed by atoms with Crippen LogP contribution in [0.4, 0.5) is 0 Å². The van der Waals surface area contributed by atoms with E-state index in [2.05, 4.69) is 59.8 Å². The zero-order valence-electron chi connectivity index (χ0n) is 18.7. The zero-order valence-corrected chi connectivity index (χ0v) is 18.7. The summed E-state index contributed by atoms with van der Waals surface area (Å²) >= 11 is 0. The molecular weight excluding hydrogens is 360 g/mol. The molecule has 0 bridgehead atoms. The Hall–Kier alpha value is -2.55. The molecule has 1 heterocycles. The van der Waals surface area contributed by atoms with Crippen LogP contribution in [0.15, 0.2) is 41.0 Å². The third kappa shape index (κ3) is 4.10. The fraction of sp³-hybridized carbons (Fsp3) is 0.423. The van der Waals surface area contributed by atoms with Crippen LogP contribution in [-0.4, -0.2) is 13.1 Å². The van der Waals surface area contributed by atoms with Crippen LogP contribution in [0, 0.1) is 6.92 Å². The minimum absolute atomic E-state index is 0.188. The highest BCUT2D eigenvalue weighted by Gasteiger charge is 2.37. The van der Waals surface area contributed by atoms with Gasteiger partial charge in [-0.3, -0.25) is 0 Å². The third-order valence-electron chi connectivity index (χ3n) is 6.32. The second-order valence-corrected chi connectivity index (χ2v) is 9.38. The van der Waals surface area contributed by atoms with E-state index in [1.54, 1.807) is 12.1 Å². The van der Waals surface area contributed by atoms with Crippen molar-refractivity contribution in [3.05, 3.63) is 70.2 Å². The summed E-state index contributed by atoms with van der Waals surface area (Å²) < 4.78 is 10.2. The molecule has 3 nitrogen and oxygen atoms in total. The Morgan fingerprint density at radius 2 is 1.69 bits per heavy atom. The van der Waals surface area contributed by atoms with Crippen LogP contribution >= 0.6 is 0 Å². The molecular formula is C26H32O3. The van der Waals surface area contributed by atoms with Crippen molar-refractivity contribution in [3.63, 3.8) is 0 Å². The number of aryl methyl sites for hydroxylation is 1. The molecule has 0 saturated carbocycles.